The second-order valence-corrected chi connectivity index (χ2v) is 6.77. The second-order valence-electron chi connectivity index (χ2n) is 6.77. The monoisotopic (exact) mass is 361 g/mol. The minimum Gasteiger partial charge on any atom is -0.467 e. The minimum absolute atomic E-state index is 0.280. The van der Waals surface area contributed by atoms with Crippen LogP contribution in [0.5, 0.6) is 0 Å². The Bertz CT molecular complexity index is 968. The van der Waals surface area contributed by atoms with E-state index < -0.39 is 12.0 Å². The molecule has 4 heteroatoms. The predicted octanol–water partition coefficient (Wildman–Crippen LogP) is 3.97. The average molecular weight is 361 g/mol. The van der Waals surface area contributed by atoms with Gasteiger partial charge >= 0.3 is 5.97 Å². The van der Waals surface area contributed by atoms with Crippen molar-refractivity contribution >= 4 is 22.6 Å². The Morgan fingerprint density at radius 2 is 1.63 bits per heavy atom. The Labute approximate surface area is 159 Å². The van der Waals surface area contributed by atoms with Crippen molar-refractivity contribution in [2.24, 2.45) is 0 Å². The quantitative estimate of drug-likeness (QED) is 0.700. The molecule has 0 saturated carbocycles. The SMILES string of the molecule is COC(=O)[C@@H](Cc1cccc2ccccc12)NC(=O)c1cc(C)cc(C)c1. The van der Waals surface area contributed by atoms with Gasteiger partial charge in [-0.15, -0.1) is 0 Å². The van der Waals surface area contributed by atoms with Gasteiger partial charge < -0.3 is 10.1 Å². The first-order valence-corrected chi connectivity index (χ1v) is 8.91. The number of nitrogens with one attached hydrogen (secondary N) is 1. The standard InChI is InChI=1S/C23H23NO3/c1-15-11-16(2)13-19(12-15)22(25)24-21(23(26)27-3)14-18-9-6-8-17-7-4-5-10-20(17)18/h4-13,21H,14H2,1-3H3,(H,24,25)/t21-/m1/s1. The summed E-state index contributed by atoms with van der Waals surface area (Å²) in [5, 5.41) is 5.00. The summed E-state index contributed by atoms with van der Waals surface area (Å²) < 4.78 is 4.93. The molecule has 3 aromatic rings. The van der Waals surface area contributed by atoms with Crippen molar-refractivity contribution in [3.63, 3.8) is 0 Å². The highest BCUT2D eigenvalue weighted by molar-refractivity contribution is 5.97. The third-order valence-corrected chi connectivity index (χ3v) is 4.58. The smallest absolute Gasteiger partial charge is 0.328 e. The largest absolute Gasteiger partial charge is 0.467 e. The average Bonchev–Trinajstić information content (AvgIpc) is 2.66. The normalized spacial score (nSPS) is 11.8. The van der Waals surface area contributed by atoms with E-state index in [-0.39, 0.29) is 5.91 Å². The molecule has 0 aromatic heterocycles. The number of hydrogen-bond acceptors (Lipinski definition) is 3. The van der Waals surface area contributed by atoms with Crippen LogP contribution in [0.15, 0.2) is 60.7 Å². The van der Waals surface area contributed by atoms with Crippen LogP contribution < -0.4 is 5.32 Å². The molecule has 0 bridgehead atoms. The highest BCUT2D eigenvalue weighted by Gasteiger charge is 2.23. The number of carbonyl (C=O) groups is 2. The van der Waals surface area contributed by atoms with Gasteiger partial charge in [0.1, 0.15) is 6.04 Å². The molecule has 1 N–H and O–H groups in total. The summed E-state index contributed by atoms with van der Waals surface area (Å²) in [6.45, 7) is 3.88. The van der Waals surface area contributed by atoms with Crippen molar-refractivity contribution in [3.8, 4) is 0 Å². The van der Waals surface area contributed by atoms with Crippen molar-refractivity contribution < 1.29 is 14.3 Å². The Hall–Kier alpha value is -3.14. The molecule has 0 unspecified atom stereocenters. The van der Waals surface area contributed by atoms with Crippen LogP contribution in [-0.4, -0.2) is 25.0 Å². The number of methoxy groups -OCH3 is 1. The molecule has 3 aromatic carbocycles. The molecular formula is C23H23NO3. The number of fused-ring (bicyclic) bond motifs is 1. The summed E-state index contributed by atoms with van der Waals surface area (Å²) in [7, 11) is 1.33. The fourth-order valence-electron chi connectivity index (χ4n) is 3.37. The summed E-state index contributed by atoms with van der Waals surface area (Å²) in [5.74, 6) is -0.738. The molecule has 1 amide bonds. The van der Waals surface area contributed by atoms with E-state index in [9.17, 15) is 9.59 Å². The molecule has 27 heavy (non-hydrogen) atoms. The summed E-state index contributed by atoms with van der Waals surface area (Å²) in [6, 6.07) is 18.8. The minimum atomic E-state index is -0.755. The second kappa shape index (κ2) is 8.04. The van der Waals surface area contributed by atoms with E-state index in [1.807, 2.05) is 74.5 Å². The van der Waals surface area contributed by atoms with Gasteiger partial charge in [-0.1, -0.05) is 59.7 Å². The van der Waals surface area contributed by atoms with Crippen LogP contribution in [0.1, 0.15) is 27.0 Å². The van der Waals surface area contributed by atoms with E-state index in [2.05, 4.69) is 5.32 Å². The highest BCUT2D eigenvalue weighted by Crippen LogP contribution is 2.20. The fourth-order valence-corrected chi connectivity index (χ4v) is 3.37. The molecule has 0 spiro atoms. The molecular weight excluding hydrogens is 338 g/mol. The van der Waals surface area contributed by atoms with Crippen LogP contribution in [0.4, 0.5) is 0 Å². The van der Waals surface area contributed by atoms with Gasteiger partial charge in [0, 0.05) is 12.0 Å². The molecule has 0 aliphatic rings. The number of benzene rings is 3. The lowest BCUT2D eigenvalue weighted by molar-refractivity contribution is -0.142. The number of hydrogen-bond donors (Lipinski definition) is 1. The molecule has 0 aliphatic heterocycles. The lowest BCUT2D eigenvalue weighted by Gasteiger charge is -2.18. The maximum Gasteiger partial charge on any atom is 0.328 e. The highest BCUT2D eigenvalue weighted by atomic mass is 16.5. The molecule has 0 aliphatic carbocycles. The first-order valence-electron chi connectivity index (χ1n) is 8.91. The van der Waals surface area contributed by atoms with Crippen LogP contribution in [0.25, 0.3) is 10.8 Å². The zero-order valence-corrected chi connectivity index (χ0v) is 15.8. The Balaban J connectivity index is 1.88. The maximum atomic E-state index is 12.7. The number of esters is 1. The van der Waals surface area contributed by atoms with E-state index in [1.54, 1.807) is 0 Å². The summed E-state index contributed by atoms with van der Waals surface area (Å²) in [6.07, 6.45) is 0.366. The van der Waals surface area contributed by atoms with E-state index in [1.165, 1.54) is 7.11 Å². The number of rotatable bonds is 5. The zero-order valence-electron chi connectivity index (χ0n) is 15.8. The van der Waals surface area contributed by atoms with Crippen molar-refractivity contribution in [2.75, 3.05) is 7.11 Å². The molecule has 0 radical (unpaired) electrons. The number of carbonyl (C=O) groups excluding carboxylic acids is 2. The lowest BCUT2D eigenvalue weighted by atomic mass is 9.98. The van der Waals surface area contributed by atoms with Crippen LogP contribution in [0, 0.1) is 13.8 Å². The van der Waals surface area contributed by atoms with Gasteiger partial charge in [-0.2, -0.15) is 0 Å². The molecule has 0 heterocycles. The summed E-state index contributed by atoms with van der Waals surface area (Å²) >= 11 is 0. The molecule has 0 fully saturated rings. The molecule has 1 atom stereocenters. The Morgan fingerprint density at radius 3 is 2.33 bits per heavy atom. The third kappa shape index (κ3) is 4.34. The number of ether oxygens (including phenoxy) is 1. The first-order chi connectivity index (χ1) is 13.0. The van der Waals surface area contributed by atoms with Crippen molar-refractivity contribution in [1.29, 1.82) is 0 Å². The fraction of sp³-hybridized carbons (Fsp3) is 0.217. The van der Waals surface area contributed by atoms with Crippen LogP contribution >= 0.6 is 0 Å². The molecule has 4 nitrogen and oxygen atoms in total. The lowest BCUT2D eigenvalue weighted by Crippen LogP contribution is -2.43. The van der Waals surface area contributed by atoms with Gasteiger partial charge in [-0.25, -0.2) is 4.79 Å². The number of amides is 1. The van der Waals surface area contributed by atoms with E-state index in [0.29, 0.717) is 12.0 Å². The Kier molecular flexibility index (Phi) is 5.55. The van der Waals surface area contributed by atoms with Gasteiger partial charge in [-0.3, -0.25) is 4.79 Å². The number of aryl methyl sites for hydroxylation is 2. The van der Waals surface area contributed by atoms with E-state index >= 15 is 0 Å². The van der Waals surface area contributed by atoms with Crippen molar-refractivity contribution in [3.05, 3.63) is 82.9 Å². The van der Waals surface area contributed by atoms with Gasteiger partial charge in [0.05, 0.1) is 7.11 Å². The zero-order chi connectivity index (χ0) is 19.4. The van der Waals surface area contributed by atoms with Crippen LogP contribution in [0.2, 0.25) is 0 Å². The van der Waals surface area contributed by atoms with E-state index in [4.69, 9.17) is 4.74 Å². The summed E-state index contributed by atoms with van der Waals surface area (Å²) in [5.41, 5.74) is 3.54. The molecule has 3 rings (SSSR count). The maximum absolute atomic E-state index is 12.7. The van der Waals surface area contributed by atoms with Gasteiger partial charge in [-0.05, 0) is 42.3 Å². The first kappa shape index (κ1) is 18.6. The van der Waals surface area contributed by atoms with E-state index in [0.717, 1.165) is 27.5 Å². The Morgan fingerprint density at radius 1 is 0.963 bits per heavy atom. The summed E-state index contributed by atoms with van der Waals surface area (Å²) in [4.78, 5) is 25.0. The van der Waals surface area contributed by atoms with Crippen LogP contribution in [-0.2, 0) is 16.0 Å². The third-order valence-electron chi connectivity index (χ3n) is 4.58. The predicted molar refractivity (Wildman–Crippen MR) is 107 cm³/mol. The van der Waals surface area contributed by atoms with Gasteiger partial charge in [0.15, 0.2) is 0 Å². The topological polar surface area (TPSA) is 55.4 Å². The van der Waals surface area contributed by atoms with Crippen molar-refractivity contribution in [1.82, 2.24) is 5.32 Å². The van der Waals surface area contributed by atoms with Crippen LogP contribution in [0.3, 0.4) is 0 Å². The van der Waals surface area contributed by atoms with Gasteiger partial charge in [0.2, 0.25) is 0 Å². The molecule has 138 valence electrons. The van der Waals surface area contributed by atoms with Crippen molar-refractivity contribution in [2.45, 2.75) is 26.3 Å². The van der Waals surface area contributed by atoms with Gasteiger partial charge in [0.25, 0.3) is 5.91 Å². The molecule has 0 saturated heterocycles.